The van der Waals surface area contributed by atoms with Crippen LogP contribution in [0.4, 0.5) is 0 Å². The molecule has 1 aromatic rings. The fourth-order valence-electron chi connectivity index (χ4n) is 3.15. The van der Waals surface area contributed by atoms with E-state index in [0.717, 1.165) is 37.5 Å². The monoisotopic (exact) mass is 320 g/mol. The molecule has 4 nitrogen and oxygen atoms in total. The maximum atomic E-state index is 10.9. The Bertz CT molecular complexity index is 517. The Morgan fingerprint density at radius 1 is 1.26 bits per heavy atom. The predicted octanol–water partition coefficient (Wildman–Crippen LogP) is 2.63. The van der Waals surface area contributed by atoms with Crippen LogP contribution in [0.5, 0.6) is 5.75 Å². The molecule has 2 rings (SSSR count). The number of β-amino-alcohol motifs (C(OH)–C–C–N with tert-alkyl or cyclic N) is 1. The number of aryl methyl sites for hydroxylation is 1. The lowest BCUT2D eigenvalue weighted by molar-refractivity contribution is 0.102. The van der Waals surface area contributed by atoms with Crippen molar-refractivity contribution in [2.45, 2.75) is 46.1 Å². The first-order valence-electron chi connectivity index (χ1n) is 8.72. The molecule has 1 aliphatic heterocycles. The summed E-state index contributed by atoms with van der Waals surface area (Å²) in [6.45, 7) is 15.9. The molecule has 1 saturated heterocycles. The van der Waals surface area contributed by atoms with Gasteiger partial charge in [-0.15, -0.1) is 0 Å². The molecule has 1 atom stereocenters. The van der Waals surface area contributed by atoms with Gasteiger partial charge in [0.05, 0.1) is 12.7 Å². The zero-order valence-electron chi connectivity index (χ0n) is 15.3. The fraction of sp³-hybridized carbons (Fsp3) is 0.684. The molecule has 2 N–H and O–H groups in total. The minimum Gasteiger partial charge on any atom is -0.493 e. The van der Waals surface area contributed by atoms with Crippen LogP contribution in [0.1, 0.15) is 50.5 Å². The van der Waals surface area contributed by atoms with Gasteiger partial charge in [0.15, 0.2) is 0 Å². The maximum Gasteiger partial charge on any atom is 0.128 e. The van der Waals surface area contributed by atoms with Gasteiger partial charge in [0.2, 0.25) is 0 Å². The molecular weight excluding hydrogens is 288 g/mol. The summed E-state index contributed by atoms with van der Waals surface area (Å²) in [7, 11) is 0. The third-order valence-corrected chi connectivity index (χ3v) is 4.36. The van der Waals surface area contributed by atoms with Gasteiger partial charge in [0.25, 0.3) is 0 Å². The molecule has 1 fully saturated rings. The Hall–Kier alpha value is -1.10. The van der Waals surface area contributed by atoms with E-state index < -0.39 is 6.10 Å². The summed E-state index contributed by atoms with van der Waals surface area (Å²) >= 11 is 0. The normalized spacial score (nSPS) is 18.0. The van der Waals surface area contributed by atoms with Crippen molar-refractivity contribution >= 4 is 0 Å². The topological polar surface area (TPSA) is 44.7 Å². The molecular formula is C19H32N2O2. The number of hydrogen-bond acceptors (Lipinski definition) is 4. The first-order valence-corrected chi connectivity index (χ1v) is 8.72. The summed E-state index contributed by atoms with van der Waals surface area (Å²) in [5.74, 6) is 0.869. The second kappa shape index (κ2) is 7.65. The smallest absolute Gasteiger partial charge is 0.128 e. The van der Waals surface area contributed by atoms with Crippen molar-refractivity contribution in [1.29, 1.82) is 0 Å². The minimum atomic E-state index is -0.518. The summed E-state index contributed by atoms with van der Waals surface area (Å²) in [6.07, 6.45) is -0.518. The zero-order valence-corrected chi connectivity index (χ0v) is 15.3. The summed E-state index contributed by atoms with van der Waals surface area (Å²) in [5, 5.41) is 14.2. The third-order valence-electron chi connectivity index (χ3n) is 4.36. The number of aliphatic hydroxyl groups excluding tert-OH is 1. The number of rotatable bonds is 5. The summed E-state index contributed by atoms with van der Waals surface area (Å²) in [4.78, 5) is 2.32. The Morgan fingerprint density at radius 3 is 2.48 bits per heavy atom. The molecule has 130 valence electrons. The number of nitrogens with zero attached hydrogens (tertiary/aromatic N) is 1. The highest BCUT2D eigenvalue weighted by molar-refractivity contribution is 5.49. The Labute approximate surface area is 140 Å². The molecule has 1 unspecified atom stereocenters. The molecule has 0 bridgehead atoms. The van der Waals surface area contributed by atoms with Crippen LogP contribution < -0.4 is 10.1 Å². The lowest BCUT2D eigenvalue weighted by atomic mass is 9.83. The lowest BCUT2D eigenvalue weighted by Gasteiger charge is -2.31. The molecule has 0 aliphatic carbocycles. The quantitative estimate of drug-likeness (QED) is 0.875. The molecule has 0 radical (unpaired) electrons. The maximum absolute atomic E-state index is 10.9. The largest absolute Gasteiger partial charge is 0.493 e. The number of hydrogen-bond donors (Lipinski definition) is 2. The lowest BCUT2D eigenvalue weighted by Crippen LogP contribution is -2.45. The van der Waals surface area contributed by atoms with E-state index in [1.165, 1.54) is 11.1 Å². The van der Waals surface area contributed by atoms with Crippen molar-refractivity contribution in [3.05, 3.63) is 28.8 Å². The van der Waals surface area contributed by atoms with Gasteiger partial charge in [-0.1, -0.05) is 32.4 Å². The molecule has 23 heavy (non-hydrogen) atoms. The summed E-state index contributed by atoms with van der Waals surface area (Å²) < 4.78 is 5.97. The number of benzene rings is 1. The molecule has 0 saturated carbocycles. The minimum absolute atomic E-state index is 0.0139. The van der Waals surface area contributed by atoms with Crippen LogP contribution in [0.2, 0.25) is 0 Å². The van der Waals surface area contributed by atoms with Gasteiger partial charge in [-0.25, -0.2) is 0 Å². The highest BCUT2D eigenvalue weighted by atomic mass is 16.5. The van der Waals surface area contributed by atoms with Gasteiger partial charge in [-0.2, -0.15) is 0 Å². The first kappa shape index (κ1) is 18.2. The predicted molar refractivity (Wildman–Crippen MR) is 95.3 cm³/mol. The Balaban J connectivity index is 2.33. The van der Waals surface area contributed by atoms with Crippen molar-refractivity contribution in [2.75, 3.05) is 39.3 Å². The number of aliphatic hydroxyl groups is 1. The Kier molecular flexibility index (Phi) is 6.06. The van der Waals surface area contributed by atoms with Crippen LogP contribution in [0.3, 0.4) is 0 Å². The second-order valence-electron chi connectivity index (χ2n) is 7.48. The molecule has 1 heterocycles. The molecule has 1 aromatic carbocycles. The summed E-state index contributed by atoms with van der Waals surface area (Å²) in [6, 6.07) is 4.26. The SMILES string of the molecule is CCOc1c(C(O)CN2CCNCC2)cc(C)cc1C(C)(C)C. The van der Waals surface area contributed by atoms with Crippen LogP contribution in [0.15, 0.2) is 12.1 Å². The van der Waals surface area contributed by atoms with Crippen LogP contribution in [-0.2, 0) is 5.41 Å². The molecule has 4 heteroatoms. The van der Waals surface area contributed by atoms with Gasteiger partial charge in [0, 0.05) is 43.9 Å². The van der Waals surface area contributed by atoms with Crippen molar-refractivity contribution in [1.82, 2.24) is 10.2 Å². The van der Waals surface area contributed by atoms with E-state index in [4.69, 9.17) is 4.74 Å². The van der Waals surface area contributed by atoms with Crippen LogP contribution in [0, 0.1) is 6.92 Å². The van der Waals surface area contributed by atoms with Crippen LogP contribution >= 0.6 is 0 Å². The second-order valence-corrected chi connectivity index (χ2v) is 7.48. The van der Waals surface area contributed by atoms with Gasteiger partial charge >= 0.3 is 0 Å². The van der Waals surface area contributed by atoms with Gasteiger partial charge in [-0.05, 0) is 25.3 Å². The molecule has 0 amide bonds. The van der Waals surface area contributed by atoms with Gasteiger partial charge < -0.3 is 15.2 Å². The van der Waals surface area contributed by atoms with E-state index in [2.05, 4.69) is 50.0 Å². The zero-order chi connectivity index (χ0) is 17.0. The van der Waals surface area contributed by atoms with Crippen molar-refractivity contribution < 1.29 is 9.84 Å². The fourth-order valence-corrected chi connectivity index (χ4v) is 3.15. The number of nitrogens with one attached hydrogen (secondary N) is 1. The molecule has 0 aromatic heterocycles. The van der Waals surface area contributed by atoms with Crippen LogP contribution in [-0.4, -0.2) is 49.3 Å². The van der Waals surface area contributed by atoms with Crippen molar-refractivity contribution in [2.24, 2.45) is 0 Å². The summed E-state index contributed by atoms with van der Waals surface area (Å²) in [5.41, 5.74) is 3.26. The highest BCUT2D eigenvalue weighted by Gasteiger charge is 2.26. The van der Waals surface area contributed by atoms with E-state index in [9.17, 15) is 5.11 Å². The number of piperazine rings is 1. The average molecular weight is 320 g/mol. The molecule has 0 spiro atoms. The molecule has 1 aliphatic rings. The Morgan fingerprint density at radius 2 is 1.91 bits per heavy atom. The highest BCUT2D eigenvalue weighted by Crippen LogP contribution is 2.38. The van der Waals surface area contributed by atoms with E-state index in [-0.39, 0.29) is 5.41 Å². The van der Waals surface area contributed by atoms with E-state index >= 15 is 0 Å². The van der Waals surface area contributed by atoms with E-state index in [1.54, 1.807) is 0 Å². The van der Waals surface area contributed by atoms with Crippen molar-refractivity contribution in [3.63, 3.8) is 0 Å². The van der Waals surface area contributed by atoms with Gasteiger partial charge in [0.1, 0.15) is 5.75 Å². The van der Waals surface area contributed by atoms with E-state index in [1.807, 2.05) is 6.92 Å². The first-order chi connectivity index (χ1) is 10.8. The average Bonchev–Trinajstić information content (AvgIpc) is 2.48. The number of ether oxygens (including phenoxy) is 1. The van der Waals surface area contributed by atoms with E-state index in [0.29, 0.717) is 13.2 Å². The third kappa shape index (κ3) is 4.69. The standard InChI is InChI=1S/C19H32N2O2/c1-6-23-18-15(11-14(2)12-16(18)19(3,4)5)17(22)13-21-9-7-20-8-10-21/h11-12,17,20,22H,6-10,13H2,1-5H3. The van der Waals surface area contributed by atoms with Gasteiger partial charge in [-0.3, -0.25) is 4.90 Å². The van der Waals surface area contributed by atoms with Crippen molar-refractivity contribution in [3.8, 4) is 5.75 Å². The van der Waals surface area contributed by atoms with Crippen LogP contribution in [0.25, 0.3) is 0 Å².